The number of hydrogen-bond donors (Lipinski definition) is 0. The molecule has 0 bridgehead atoms. The van der Waals surface area contributed by atoms with Crippen LogP contribution in [-0.2, 0) is 4.74 Å². The summed E-state index contributed by atoms with van der Waals surface area (Å²) >= 11 is 0. The first-order valence-electron chi connectivity index (χ1n) is 5.46. The molecule has 94 valence electrons. The molecule has 0 saturated carbocycles. The molecule has 1 heterocycles. The summed E-state index contributed by atoms with van der Waals surface area (Å²) in [5.74, 6) is 0. The van der Waals surface area contributed by atoms with Crippen molar-refractivity contribution in [3.8, 4) is 0 Å². The fourth-order valence-corrected chi connectivity index (χ4v) is 1.92. The maximum atomic E-state index is 12.8. The second-order valence-corrected chi connectivity index (χ2v) is 4.16. The number of rotatable bonds is 1. The number of ether oxygens (including phenoxy) is 1. The van der Waals surface area contributed by atoms with Gasteiger partial charge in [0, 0.05) is 12.2 Å². The molecule has 0 N–H and O–H groups in total. The summed E-state index contributed by atoms with van der Waals surface area (Å²) in [6.45, 7) is 2.22. The van der Waals surface area contributed by atoms with Crippen LogP contribution < -0.4 is 4.90 Å². The number of halogens is 3. The zero-order valence-electron chi connectivity index (χ0n) is 9.50. The van der Waals surface area contributed by atoms with Gasteiger partial charge in [-0.15, -0.1) is 0 Å². The molecule has 0 radical (unpaired) electrons. The molecular weight excluding hydrogens is 231 g/mol. The average Bonchev–Trinajstić information content (AvgIpc) is 2.29. The van der Waals surface area contributed by atoms with E-state index in [1.54, 1.807) is 12.1 Å². The minimum atomic E-state index is -4.26. The van der Waals surface area contributed by atoms with Crippen LogP contribution in [0.25, 0.3) is 0 Å². The van der Waals surface area contributed by atoms with Gasteiger partial charge in [-0.1, -0.05) is 17.7 Å². The summed E-state index contributed by atoms with van der Waals surface area (Å²) < 4.78 is 43.4. The molecule has 1 aliphatic heterocycles. The monoisotopic (exact) mass is 245 g/mol. The van der Waals surface area contributed by atoms with E-state index in [-0.39, 0.29) is 13.2 Å². The molecule has 1 atom stereocenters. The zero-order chi connectivity index (χ0) is 12.5. The van der Waals surface area contributed by atoms with Gasteiger partial charge in [-0.05, 0) is 19.1 Å². The molecule has 2 nitrogen and oxygen atoms in total. The average molecular weight is 245 g/mol. The number of morpholine rings is 1. The minimum Gasteiger partial charge on any atom is -0.377 e. The van der Waals surface area contributed by atoms with Gasteiger partial charge in [-0.25, -0.2) is 0 Å². The van der Waals surface area contributed by atoms with Crippen molar-refractivity contribution in [3.63, 3.8) is 0 Å². The fraction of sp³-hybridized carbons (Fsp3) is 0.500. The van der Waals surface area contributed by atoms with Crippen molar-refractivity contribution in [1.29, 1.82) is 0 Å². The van der Waals surface area contributed by atoms with Crippen LogP contribution in [0, 0.1) is 6.92 Å². The number of hydrogen-bond acceptors (Lipinski definition) is 2. The van der Waals surface area contributed by atoms with E-state index in [0.29, 0.717) is 12.3 Å². The predicted molar refractivity (Wildman–Crippen MR) is 59.2 cm³/mol. The van der Waals surface area contributed by atoms with E-state index in [1.807, 2.05) is 19.1 Å². The summed E-state index contributed by atoms with van der Waals surface area (Å²) in [5, 5.41) is 0. The van der Waals surface area contributed by atoms with Crippen molar-refractivity contribution in [3.05, 3.63) is 29.8 Å². The molecule has 1 fully saturated rings. The smallest absolute Gasteiger partial charge is 0.377 e. The largest absolute Gasteiger partial charge is 0.411 e. The van der Waals surface area contributed by atoms with E-state index in [9.17, 15) is 13.2 Å². The van der Waals surface area contributed by atoms with Crippen molar-refractivity contribution in [2.24, 2.45) is 0 Å². The molecule has 2 rings (SSSR count). The standard InChI is InChI=1S/C12H14F3NO/c1-9-2-4-10(5-3-9)16-6-7-17-8-11(16)12(13,14)15/h2-5,11H,6-8H2,1H3. The van der Waals surface area contributed by atoms with Gasteiger partial charge in [0.15, 0.2) is 0 Å². The molecule has 5 heteroatoms. The van der Waals surface area contributed by atoms with E-state index in [2.05, 4.69) is 0 Å². The van der Waals surface area contributed by atoms with Gasteiger partial charge in [0.25, 0.3) is 0 Å². The molecule has 1 aromatic carbocycles. The van der Waals surface area contributed by atoms with E-state index in [4.69, 9.17) is 4.74 Å². The molecule has 1 aliphatic rings. The molecule has 1 aromatic rings. The Hall–Kier alpha value is -1.23. The summed E-state index contributed by atoms with van der Waals surface area (Å²) in [5.41, 5.74) is 1.63. The Kier molecular flexibility index (Phi) is 3.28. The Morgan fingerprint density at radius 1 is 1.24 bits per heavy atom. The van der Waals surface area contributed by atoms with Crippen LogP contribution in [0.3, 0.4) is 0 Å². The van der Waals surface area contributed by atoms with Crippen molar-refractivity contribution >= 4 is 5.69 Å². The van der Waals surface area contributed by atoms with Crippen molar-refractivity contribution in [2.45, 2.75) is 19.1 Å². The Morgan fingerprint density at radius 2 is 1.88 bits per heavy atom. The molecule has 1 saturated heterocycles. The Morgan fingerprint density at radius 3 is 2.47 bits per heavy atom. The van der Waals surface area contributed by atoms with Crippen LogP contribution in [0.2, 0.25) is 0 Å². The number of aryl methyl sites for hydroxylation is 1. The van der Waals surface area contributed by atoms with Crippen molar-refractivity contribution in [1.82, 2.24) is 0 Å². The first-order valence-corrected chi connectivity index (χ1v) is 5.46. The quantitative estimate of drug-likeness (QED) is 0.754. The molecule has 1 unspecified atom stereocenters. The summed E-state index contributed by atoms with van der Waals surface area (Å²) in [4.78, 5) is 1.36. The zero-order valence-corrected chi connectivity index (χ0v) is 9.50. The third kappa shape index (κ3) is 2.72. The highest BCUT2D eigenvalue weighted by atomic mass is 19.4. The lowest BCUT2D eigenvalue weighted by Crippen LogP contribution is -2.53. The van der Waals surface area contributed by atoms with Gasteiger partial charge in [-0.3, -0.25) is 0 Å². The van der Waals surface area contributed by atoms with Crippen LogP contribution in [0.1, 0.15) is 5.56 Å². The van der Waals surface area contributed by atoms with Crippen molar-refractivity contribution in [2.75, 3.05) is 24.7 Å². The lowest BCUT2D eigenvalue weighted by atomic mass is 10.1. The summed E-state index contributed by atoms with van der Waals surface area (Å²) in [7, 11) is 0. The van der Waals surface area contributed by atoms with Crippen molar-refractivity contribution < 1.29 is 17.9 Å². The lowest BCUT2D eigenvalue weighted by Gasteiger charge is -2.38. The topological polar surface area (TPSA) is 12.5 Å². The third-order valence-electron chi connectivity index (χ3n) is 2.87. The first kappa shape index (κ1) is 12.2. The molecule has 0 aliphatic carbocycles. The van der Waals surface area contributed by atoms with Crippen LogP contribution in [0.5, 0.6) is 0 Å². The summed E-state index contributed by atoms with van der Waals surface area (Å²) in [6, 6.07) is 5.54. The van der Waals surface area contributed by atoms with Gasteiger partial charge < -0.3 is 9.64 Å². The molecular formula is C12H14F3NO. The Bertz CT molecular complexity index is 374. The van der Waals surface area contributed by atoms with Crippen LogP contribution >= 0.6 is 0 Å². The Labute approximate surface area is 98.0 Å². The fourth-order valence-electron chi connectivity index (χ4n) is 1.92. The second kappa shape index (κ2) is 4.56. The van der Waals surface area contributed by atoms with E-state index in [1.165, 1.54) is 4.90 Å². The number of alkyl halides is 3. The molecule has 0 spiro atoms. The SMILES string of the molecule is Cc1ccc(N2CCOCC2C(F)(F)F)cc1. The molecule has 17 heavy (non-hydrogen) atoms. The van der Waals surface area contributed by atoms with E-state index < -0.39 is 12.2 Å². The Balaban J connectivity index is 2.25. The van der Waals surface area contributed by atoms with Gasteiger partial charge in [-0.2, -0.15) is 13.2 Å². The van der Waals surface area contributed by atoms with Crippen LogP contribution in [0.15, 0.2) is 24.3 Å². The second-order valence-electron chi connectivity index (χ2n) is 4.16. The number of nitrogens with zero attached hydrogens (tertiary/aromatic N) is 1. The number of benzene rings is 1. The van der Waals surface area contributed by atoms with Gasteiger partial charge in [0.05, 0.1) is 13.2 Å². The maximum Gasteiger partial charge on any atom is 0.411 e. The lowest BCUT2D eigenvalue weighted by molar-refractivity contribution is -0.167. The molecule has 0 amide bonds. The van der Waals surface area contributed by atoms with E-state index >= 15 is 0 Å². The maximum absolute atomic E-state index is 12.8. The highest BCUT2D eigenvalue weighted by Gasteiger charge is 2.45. The van der Waals surface area contributed by atoms with Gasteiger partial charge >= 0.3 is 6.18 Å². The third-order valence-corrected chi connectivity index (χ3v) is 2.87. The van der Waals surface area contributed by atoms with Gasteiger partial charge in [0.2, 0.25) is 0 Å². The van der Waals surface area contributed by atoms with E-state index in [0.717, 1.165) is 5.56 Å². The predicted octanol–water partition coefficient (Wildman–Crippen LogP) is 2.76. The minimum absolute atomic E-state index is 0.271. The van der Waals surface area contributed by atoms with Gasteiger partial charge in [0.1, 0.15) is 6.04 Å². The van der Waals surface area contributed by atoms with Crippen LogP contribution in [0.4, 0.5) is 18.9 Å². The molecule has 0 aromatic heterocycles. The first-order chi connectivity index (χ1) is 7.98. The summed E-state index contributed by atoms with van der Waals surface area (Å²) in [6.07, 6.45) is -4.26. The highest BCUT2D eigenvalue weighted by molar-refractivity contribution is 5.49. The highest BCUT2D eigenvalue weighted by Crippen LogP contribution is 2.30. The number of anilines is 1. The van der Waals surface area contributed by atoms with Crippen LogP contribution in [-0.4, -0.2) is 32.0 Å². The normalized spacial score (nSPS) is 21.6.